The summed E-state index contributed by atoms with van der Waals surface area (Å²) in [5.41, 5.74) is 1.63. The second-order valence-corrected chi connectivity index (χ2v) is 8.35. The zero-order chi connectivity index (χ0) is 22.4. The van der Waals surface area contributed by atoms with E-state index in [-0.39, 0.29) is 31.4 Å². The fraction of sp³-hybridized carbons (Fsp3) is 0.522. The van der Waals surface area contributed by atoms with Crippen LogP contribution in [0.1, 0.15) is 44.6 Å². The summed E-state index contributed by atoms with van der Waals surface area (Å²) in [7, 11) is 0. The van der Waals surface area contributed by atoms with Crippen molar-refractivity contribution in [2.75, 3.05) is 39.3 Å². The minimum absolute atomic E-state index is 0.0763. The van der Waals surface area contributed by atoms with Crippen LogP contribution in [0.4, 0.5) is 0 Å². The number of hydrogen-bond donors (Lipinski definition) is 1. The Bertz CT molecular complexity index is 864. The van der Waals surface area contributed by atoms with Crippen molar-refractivity contribution in [1.82, 2.24) is 15.1 Å². The lowest BCUT2D eigenvalue weighted by Gasteiger charge is -2.34. The predicted molar refractivity (Wildman–Crippen MR) is 119 cm³/mol. The molecule has 1 unspecified atom stereocenters. The van der Waals surface area contributed by atoms with Crippen LogP contribution in [0.25, 0.3) is 0 Å². The molecule has 0 bridgehead atoms. The summed E-state index contributed by atoms with van der Waals surface area (Å²) in [5, 5.41) is 3.42. The van der Waals surface area contributed by atoms with Gasteiger partial charge in [0.05, 0.1) is 12.2 Å². The Morgan fingerprint density at radius 1 is 1.26 bits per heavy atom. The average molecular weight is 448 g/mol. The van der Waals surface area contributed by atoms with Crippen LogP contribution in [0, 0.1) is 0 Å². The highest BCUT2D eigenvalue weighted by atomic mass is 35.5. The number of likely N-dealkylation sites (tertiary alicyclic amines) is 1. The van der Waals surface area contributed by atoms with Gasteiger partial charge >= 0.3 is 5.97 Å². The third-order valence-electron chi connectivity index (χ3n) is 5.82. The first kappa shape index (κ1) is 23.3. The molecule has 0 aromatic heterocycles. The largest absolute Gasteiger partial charge is 0.463 e. The minimum Gasteiger partial charge on any atom is -0.463 e. The first-order valence-electron chi connectivity index (χ1n) is 10.8. The molecule has 1 N–H and O–H groups in total. The van der Waals surface area contributed by atoms with Crippen LogP contribution < -0.4 is 5.32 Å². The van der Waals surface area contributed by atoms with E-state index in [1.54, 1.807) is 32.0 Å². The summed E-state index contributed by atoms with van der Waals surface area (Å²) >= 11 is 6.13. The van der Waals surface area contributed by atoms with Crippen LogP contribution in [0.3, 0.4) is 0 Å². The van der Waals surface area contributed by atoms with Gasteiger partial charge in [0.15, 0.2) is 0 Å². The summed E-state index contributed by atoms with van der Waals surface area (Å²) < 4.78 is 5.27. The monoisotopic (exact) mass is 447 g/mol. The fourth-order valence-corrected chi connectivity index (χ4v) is 4.44. The van der Waals surface area contributed by atoms with Gasteiger partial charge in [0.2, 0.25) is 11.8 Å². The van der Waals surface area contributed by atoms with Crippen molar-refractivity contribution in [2.24, 2.45) is 0 Å². The van der Waals surface area contributed by atoms with E-state index in [2.05, 4.69) is 10.2 Å². The number of nitrogens with zero attached hydrogens (tertiary/aromatic N) is 2. The molecule has 3 rings (SSSR count). The van der Waals surface area contributed by atoms with Gasteiger partial charge in [-0.05, 0) is 57.5 Å². The molecule has 0 aliphatic carbocycles. The Kier molecular flexibility index (Phi) is 8.09. The number of rotatable bonds is 8. The van der Waals surface area contributed by atoms with Crippen molar-refractivity contribution in [3.63, 3.8) is 0 Å². The molecule has 168 valence electrons. The Hall–Kier alpha value is -2.38. The Labute approximate surface area is 188 Å². The van der Waals surface area contributed by atoms with Gasteiger partial charge in [-0.3, -0.25) is 9.59 Å². The molecule has 0 spiro atoms. The molecule has 7 nitrogen and oxygen atoms in total. The highest BCUT2D eigenvalue weighted by Crippen LogP contribution is 2.37. The molecule has 2 amide bonds. The van der Waals surface area contributed by atoms with E-state index in [1.165, 1.54) is 17.7 Å². The summed E-state index contributed by atoms with van der Waals surface area (Å²) in [4.78, 5) is 41.9. The Balaban J connectivity index is 1.76. The molecule has 0 radical (unpaired) electrons. The van der Waals surface area contributed by atoms with Crippen molar-refractivity contribution < 1.29 is 19.1 Å². The number of esters is 1. The quantitative estimate of drug-likeness (QED) is 0.620. The van der Waals surface area contributed by atoms with Gasteiger partial charge in [-0.15, -0.1) is 0 Å². The highest BCUT2D eigenvalue weighted by molar-refractivity contribution is 6.30. The van der Waals surface area contributed by atoms with Gasteiger partial charge in [0.25, 0.3) is 0 Å². The number of carbonyl (C=O) groups is 3. The molecule has 0 saturated carbocycles. The molecular weight excluding hydrogens is 418 g/mol. The summed E-state index contributed by atoms with van der Waals surface area (Å²) in [6, 6.07) is 7.14. The lowest BCUT2D eigenvalue weighted by atomic mass is 9.83. The summed E-state index contributed by atoms with van der Waals surface area (Å²) in [5.74, 6) is -1.38. The molecule has 2 aliphatic heterocycles. The van der Waals surface area contributed by atoms with Crippen molar-refractivity contribution in [1.29, 1.82) is 0 Å². The normalized spacial score (nSPS) is 19.6. The summed E-state index contributed by atoms with van der Waals surface area (Å²) in [6.45, 7) is 7.02. The molecular formula is C23H30ClN3O4. The number of nitrogens with one attached hydrogen (secondary N) is 1. The van der Waals surface area contributed by atoms with Crippen LogP contribution in [-0.4, -0.2) is 66.9 Å². The number of ether oxygens (including phenoxy) is 1. The molecule has 1 fully saturated rings. The number of carbonyl (C=O) groups excluding carboxylic acids is 3. The standard InChI is InChI=1S/C23H30ClN3O4/c1-3-31-23(30)22-16(2)27(15-20(28)25-9-12-26-10-4-5-11-26)21(29)14-19(22)17-7-6-8-18(24)13-17/h6-8,13,19H,3-5,9-12,14-15H2,1-2H3,(H,25,28). The molecule has 1 aromatic carbocycles. The highest BCUT2D eigenvalue weighted by Gasteiger charge is 2.37. The number of hydrogen-bond acceptors (Lipinski definition) is 5. The molecule has 1 atom stereocenters. The summed E-state index contributed by atoms with van der Waals surface area (Å²) in [6.07, 6.45) is 2.47. The van der Waals surface area contributed by atoms with E-state index in [0.717, 1.165) is 25.2 Å². The van der Waals surface area contributed by atoms with E-state index in [9.17, 15) is 14.4 Å². The average Bonchev–Trinajstić information content (AvgIpc) is 3.24. The number of amides is 2. The zero-order valence-electron chi connectivity index (χ0n) is 18.2. The van der Waals surface area contributed by atoms with Crippen LogP contribution in [0.15, 0.2) is 35.5 Å². The van der Waals surface area contributed by atoms with Crippen molar-refractivity contribution in [3.8, 4) is 0 Å². The van der Waals surface area contributed by atoms with Gasteiger partial charge < -0.3 is 19.9 Å². The maximum absolute atomic E-state index is 12.9. The third kappa shape index (κ3) is 5.86. The second kappa shape index (κ2) is 10.8. The lowest BCUT2D eigenvalue weighted by molar-refractivity contribution is -0.141. The van der Waals surface area contributed by atoms with Gasteiger partial charge in [-0.1, -0.05) is 23.7 Å². The van der Waals surface area contributed by atoms with E-state index in [4.69, 9.17) is 16.3 Å². The smallest absolute Gasteiger partial charge is 0.336 e. The molecule has 31 heavy (non-hydrogen) atoms. The Morgan fingerprint density at radius 3 is 2.68 bits per heavy atom. The van der Waals surface area contributed by atoms with E-state index < -0.39 is 11.9 Å². The van der Waals surface area contributed by atoms with Gasteiger partial charge in [-0.25, -0.2) is 4.79 Å². The molecule has 8 heteroatoms. The molecule has 1 saturated heterocycles. The zero-order valence-corrected chi connectivity index (χ0v) is 18.9. The first-order valence-corrected chi connectivity index (χ1v) is 11.2. The molecule has 1 aromatic rings. The molecule has 2 heterocycles. The van der Waals surface area contributed by atoms with Crippen LogP contribution in [0.5, 0.6) is 0 Å². The van der Waals surface area contributed by atoms with Crippen molar-refractivity contribution >= 4 is 29.4 Å². The van der Waals surface area contributed by atoms with Crippen molar-refractivity contribution in [2.45, 2.75) is 39.0 Å². The SMILES string of the molecule is CCOC(=O)C1=C(C)N(CC(=O)NCCN2CCCC2)C(=O)CC1c1cccc(Cl)c1. The topological polar surface area (TPSA) is 79.0 Å². The Morgan fingerprint density at radius 2 is 2.00 bits per heavy atom. The number of benzene rings is 1. The lowest BCUT2D eigenvalue weighted by Crippen LogP contribution is -2.45. The van der Waals surface area contributed by atoms with Gasteiger partial charge in [-0.2, -0.15) is 0 Å². The van der Waals surface area contributed by atoms with Gasteiger partial charge in [0, 0.05) is 36.1 Å². The van der Waals surface area contributed by atoms with E-state index in [1.807, 2.05) is 6.07 Å². The fourth-order valence-electron chi connectivity index (χ4n) is 4.24. The van der Waals surface area contributed by atoms with E-state index in [0.29, 0.717) is 22.8 Å². The van der Waals surface area contributed by atoms with Crippen molar-refractivity contribution in [3.05, 3.63) is 46.1 Å². The van der Waals surface area contributed by atoms with Crippen LogP contribution >= 0.6 is 11.6 Å². The number of halogens is 1. The van der Waals surface area contributed by atoms with Crippen LogP contribution in [0.2, 0.25) is 5.02 Å². The van der Waals surface area contributed by atoms with Crippen LogP contribution in [-0.2, 0) is 19.1 Å². The van der Waals surface area contributed by atoms with Gasteiger partial charge in [0.1, 0.15) is 6.54 Å². The predicted octanol–water partition coefficient (Wildman–Crippen LogP) is 2.71. The first-order chi connectivity index (χ1) is 14.9. The maximum atomic E-state index is 12.9. The third-order valence-corrected chi connectivity index (χ3v) is 6.06. The molecule has 2 aliphatic rings. The maximum Gasteiger partial charge on any atom is 0.336 e. The second-order valence-electron chi connectivity index (χ2n) is 7.91. The minimum atomic E-state index is -0.475. The number of allylic oxidation sites excluding steroid dienone is 1. The van der Waals surface area contributed by atoms with E-state index >= 15 is 0 Å².